The number of hydrogen-bond acceptors (Lipinski definition) is 2. The Hall–Kier alpha value is 0.210. The molecule has 3 heteroatoms. The van der Waals surface area contributed by atoms with E-state index in [1.807, 2.05) is 0 Å². The van der Waals surface area contributed by atoms with Crippen LogP contribution in [-0.2, 0) is 0 Å². The van der Waals surface area contributed by atoms with Crippen molar-refractivity contribution in [1.82, 2.24) is 5.32 Å². The Balaban J connectivity index is 0.000000605. The van der Waals surface area contributed by atoms with E-state index < -0.39 is 0 Å². The molecule has 0 aromatic rings. The highest BCUT2D eigenvalue weighted by Crippen LogP contribution is 2.53. The van der Waals surface area contributed by atoms with Gasteiger partial charge in [0.15, 0.2) is 0 Å². The van der Waals surface area contributed by atoms with Crippen molar-refractivity contribution in [3.8, 4) is 0 Å². The van der Waals surface area contributed by atoms with Crippen molar-refractivity contribution >= 4 is 12.4 Å². The van der Waals surface area contributed by atoms with Gasteiger partial charge in [0.2, 0.25) is 0 Å². The van der Waals surface area contributed by atoms with Crippen molar-refractivity contribution < 1.29 is 5.11 Å². The van der Waals surface area contributed by atoms with Gasteiger partial charge in [0.1, 0.15) is 0 Å². The number of halogens is 1. The average Bonchev–Trinajstić information content (AvgIpc) is 2.71. The summed E-state index contributed by atoms with van der Waals surface area (Å²) in [5.74, 6) is 0. The van der Waals surface area contributed by atoms with Crippen molar-refractivity contribution in [2.75, 3.05) is 13.2 Å². The molecule has 11 heavy (non-hydrogen) atoms. The first-order valence-electron chi connectivity index (χ1n) is 4.22. The molecule has 2 N–H and O–H groups in total. The smallest absolute Gasteiger partial charge is 0.0590 e. The van der Waals surface area contributed by atoms with E-state index in [0.717, 1.165) is 6.54 Å². The third-order valence-electron chi connectivity index (χ3n) is 3.06. The molecular formula is C8H16ClNO. The second kappa shape index (κ2) is 3.30. The van der Waals surface area contributed by atoms with Crippen LogP contribution < -0.4 is 5.32 Å². The van der Waals surface area contributed by atoms with Gasteiger partial charge >= 0.3 is 0 Å². The Morgan fingerprint density at radius 2 is 2.09 bits per heavy atom. The second-order valence-electron chi connectivity index (χ2n) is 3.66. The highest BCUT2D eigenvalue weighted by Gasteiger charge is 2.49. The van der Waals surface area contributed by atoms with Crippen LogP contribution in [0.25, 0.3) is 0 Å². The molecule has 0 amide bonds. The fourth-order valence-electron chi connectivity index (χ4n) is 2.12. The maximum Gasteiger partial charge on any atom is 0.0590 e. The SMILES string of the molecule is Cl.OCC1NCCCC12CC2. The van der Waals surface area contributed by atoms with Gasteiger partial charge in [0, 0.05) is 6.04 Å². The molecule has 0 bridgehead atoms. The first kappa shape index (κ1) is 9.30. The van der Waals surface area contributed by atoms with Gasteiger partial charge in [-0.3, -0.25) is 0 Å². The minimum Gasteiger partial charge on any atom is -0.395 e. The molecular weight excluding hydrogens is 162 g/mol. The van der Waals surface area contributed by atoms with E-state index in [1.165, 1.54) is 25.7 Å². The van der Waals surface area contributed by atoms with Crippen LogP contribution in [0.5, 0.6) is 0 Å². The molecule has 0 aromatic carbocycles. The van der Waals surface area contributed by atoms with E-state index in [0.29, 0.717) is 18.1 Å². The van der Waals surface area contributed by atoms with E-state index in [2.05, 4.69) is 5.32 Å². The average molecular weight is 178 g/mol. The molecule has 2 nitrogen and oxygen atoms in total. The van der Waals surface area contributed by atoms with Crippen molar-refractivity contribution in [2.24, 2.45) is 5.41 Å². The lowest BCUT2D eigenvalue weighted by Gasteiger charge is -2.31. The fourth-order valence-corrected chi connectivity index (χ4v) is 2.12. The minimum absolute atomic E-state index is 0. The first-order valence-corrected chi connectivity index (χ1v) is 4.22. The fraction of sp³-hybridized carbons (Fsp3) is 1.00. The second-order valence-corrected chi connectivity index (χ2v) is 3.66. The maximum atomic E-state index is 9.00. The van der Waals surface area contributed by atoms with Gasteiger partial charge in [-0.2, -0.15) is 0 Å². The summed E-state index contributed by atoms with van der Waals surface area (Å²) >= 11 is 0. The van der Waals surface area contributed by atoms with E-state index in [4.69, 9.17) is 5.11 Å². The summed E-state index contributed by atoms with van der Waals surface area (Å²) < 4.78 is 0. The zero-order valence-corrected chi connectivity index (χ0v) is 7.49. The topological polar surface area (TPSA) is 32.3 Å². The molecule has 1 unspecified atom stereocenters. The molecule has 1 atom stereocenters. The molecule has 2 aliphatic rings. The normalized spacial score (nSPS) is 33.0. The molecule has 2 fully saturated rings. The van der Waals surface area contributed by atoms with Crippen molar-refractivity contribution in [1.29, 1.82) is 0 Å². The van der Waals surface area contributed by atoms with E-state index in [9.17, 15) is 0 Å². The molecule has 1 saturated heterocycles. The lowest BCUT2D eigenvalue weighted by Crippen LogP contribution is -2.45. The van der Waals surface area contributed by atoms with Gasteiger partial charge in [-0.05, 0) is 37.6 Å². The van der Waals surface area contributed by atoms with E-state index in [-0.39, 0.29) is 12.4 Å². The molecule has 1 saturated carbocycles. The summed E-state index contributed by atoms with van der Waals surface area (Å²) in [6, 6.07) is 0.418. The number of aliphatic hydroxyl groups is 1. The molecule has 1 aliphatic heterocycles. The van der Waals surface area contributed by atoms with Crippen LogP contribution in [0.4, 0.5) is 0 Å². The number of aliphatic hydroxyl groups excluding tert-OH is 1. The van der Waals surface area contributed by atoms with Gasteiger partial charge in [0.05, 0.1) is 6.61 Å². The highest BCUT2D eigenvalue weighted by molar-refractivity contribution is 5.85. The van der Waals surface area contributed by atoms with Crippen molar-refractivity contribution in [3.05, 3.63) is 0 Å². The molecule has 0 radical (unpaired) electrons. The van der Waals surface area contributed by atoms with Crippen LogP contribution in [0, 0.1) is 5.41 Å². The Morgan fingerprint density at radius 3 is 2.55 bits per heavy atom. The first-order chi connectivity index (χ1) is 4.87. The maximum absolute atomic E-state index is 9.00. The Bertz CT molecular complexity index is 136. The number of rotatable bonds is 1. The standard InChI is InChI=1S/C8H15NO.ClH/c10-6-7-8(3-4-8)2-1-5-9-7;/h7,9-10H,1-6H2;1H. The largest absolute Gasteiger partial charge is 0.395 e. The van der Waals surface area contributed by atoms with Gasteiger partial charge in [0.25, 0.3) is 0 Å². The third-order valence-corrected chi connectivity index (χ3v) is 3.06. The lowest BCUT2D eigenvalue weighted by atomic mass is 9.88. The predicted molar refractivity (Wildman–Crippen MR) is 47.0 cm³/mol. The Morgan fingerprint density at radius 1 is 1.36 bits per heavy atom. The number of hydrogen-bond donors (Lipinski definition) is 2. The predicted octanol–water partition coefficient (Wildman–Crippen LogP) is 0.933. The third kappa shape index (κ3) is 1.53. The van der Waals surface area contributed by atoms with Crippen molar-refractivity contribution in [3.63, 3.8) is 0 Å². The number of nitrogens with one attached hydrogen (secondary N) is 1. The minimum atomic E-state index is 0. The summed E-state index contributed by atoms with van der Waals surface area (Å²) in [6.45, 7) is 1.44. The molecule has 1 spiro atoms. The van der Waals surface area contributed by atoms with Gasteiger partial charge in [-0.15, -0.1) is 12.4 Å². The van der Waals surface area contributed by atoms with Crippen molar-refractivity contribution in [2.45, 2.75) is 31.7 Å². The zero-order chi connectivity index (χ0) is 7.03. The van der Waals surface area contributed by atoms with Crippen LogP contribution in [0.2, 0.25) is 0 Å². The lowest BCUT2D eigenvalue weighted by molar-refractivity contribution is 0.157. The van der Waals surface area contributed by atoms with Crippen LogP contribution in [-0.4, -0.2) is 24.3 Å². The summed E-state index contributed by atoms with van der Waals surface area (Å²) in [7, 11) is 0. The molecule has 0 aromatic heterocycles. The quantitative estimate of drug-likeness (QED) is 0.625. The molecule has 66 valence electrons. The summed E-state index contributed by atoms with van der Waals surface area (Å²) in [5, 5.41) is 12.4. The summed E-state index contributed by atoms with van der Waals surface area (Å²) in [4.78, 5) is 0. The highest BCUT2D eigenvalue weighted by atomic mass is 35.5. The van der Waals surface area contributed by atoms with Gasteiger partial charge < -0.3 is 10.4 Å². The summed E-state index contributed by atoms with van der Waals surface area (Å²) in [6.07, 6.45) is 5.32. The molecule has 1 aliphatic carbocycles. The summed E-state index contributed by atoms with van der Waals surface area (Å²) in [5.41, 5.74) is 0.535. The Labute approximate surface area is 73.8 Å². The monoisotopic (exact) mass is 177 g/mol. The van der Waals surface area contributed by atoms with Crippen LogP contribution in [0.1, 0.15) is 25.7 Å². The molecule has 1 heterocycles. The molecule has 2 rings (SSSR count). The van der Waals surface area contributed by atoms with Crippen LogP contribution in [0.15, 0.2) is 0 Å². The van der Waals surface area contributed by atoms with Gasteiger partial charge in [-0.25, -0.2) is 0 Å². The number of piperidine rings is 1. The van der Waals surface area contributed by atoms with Crippen LogP contribution in [0.3, 0.4) is 0 Å². The Kier molecular flexibility index (Phi) is 2.79. The zero-order valence-electron chi connectivity index (χ0n) is 6.68. The van der Waals surface area contributed by atoms with Crippen LogP contribution >= 0.6 is 12.4 Å². The van der Waals surface area contributed by atoms with E-state index >= 15 is 0 Å². The van der Waals surface area contributed by atoms with Gasteiger partial charge in [-0.1, -0.05) is 0 Å². The van der Waals surface area contributed by atoms with E-state index in [1.54, 1.807) is 0 Å².